The predicted octanol–water partition coefficient (Wildman–Crippen LogP) is 3.73. The van der Waals surface area contributed by atoms with Gasteiger partial charge < -0.3 is 10.4 Å². The second kappa shape index (κ2) is 8.11. The molecule has 0 spiro atoms. The lowest BCUT2D eigenvalue weighted by Gasteiger charge is -2.21. The summed E-state index contributed by atoms with van der Waals surface area (Å²) in [6.45, 7) is 3.80. The summed E-state index contributed by atoms with van der Waals surface area (Å²) in [6.07, 6.45) is -0.0684. The summed E-state index contributed by atoms with van der Waals surface area (Å²) in [4.78, 5) is 23.2. The first-order chi connectivity index (χ1) is 9.22. The number of hydrogen-bond donors (Lipinski definition) is 2. The van der Waals surface area contributed by atoms with Crippen molar-refractivity contribution in [3.63, 3.8) is 0 Å². The SMILES string of the molecule is CC(C)C(CC(=O)O)NC(=O)c1cc(I)cc(I)c1I. The highest BCUT2D eigenvalue weighted by molar-refractivity contribution is 14.1. The number of carbonyl (C=O) groups excluding carboxylic acids is 1. The monoisotopic (exact) mass is 613 g/mol. The summed E-state index contributed by atoms with van der Waals surface area (Å²) in [5.74, 6) is -1.06. The molecule has 1 unspecified atom stereocenters. The van der Waals surface area contributed by atoms with E-state index >= 15 is 0 Å². The molecule has 1 rings (SSSR count). The fourth-order valence-electron chi connectivity index (χ4n) is 1.61. The number of halogens is 3. The van der Waals surface area contributed by atoms with Crippen LogP contribution in [-0.4, -0.2) is 23.0 Å². The molecule has 1 atom stereocenters. The number of nitrogens with one attached hydrogen (secondary N) is 1. The summed E-state index contributed by atoms with van der Waals surface area (Å²) in [5, 5.41) is 11.7. The van der Waals surface area contributed by atoms with E-state index in [9.17, 15) is 9.59 Å². The van der Waals surface area contributed by atoms with Gasteiger partial charge in [-0.15, -0.1) is 0 Å². The first kappa shape index (κ1) is 18.4. The van der Waals surface area contributed by atoms with Crippen molar-refractivity contribution >= 4 is 79.6 Å². The molecule has 1 aromatic carbocycles. The maximum atomic E-state index is 12.4. The molecule has 4 nitrogen and oxygen atoms in total. The van der Waals surface area contributed by atoms with Crippen molar-refractivity contribution in [3.05, 3.63) is 28.4 Å². The molecule has 7 heteroatoms. The highest BCUT2D eigenvalue weighted by atomic mass is 127. The lowest BCUT2D eigenvalue weighted by molar-refractivity contribution is -0.137. The van der Waals surface area contributed by atoms with E-state index in [1.54, 1.807) is 0 Å². The van der Waals surface area contributed by atoms with Crippen LogP contribution in [0, 0.1) is 16.6 Å². The number of benzene rings is 1. The first-order valence-electron chi connectivity index (χ1n) is 5.89. The Labute approximate surface area is 158 Å². The Balaban J connectivity index is 2.97. The maximum Gasteiger partial charge on any atom is 0.305 e. The zero-order chi connectivity index (χ0) is 15.4. The van der Waals surface area contributed by atoms with Crippen molar-refractivity contribution in [2.24, 2.45) is 5.92 Å². The smallest absolute Gasteiger partial charge is 0.305 e. The first-order valence-corrected chi connectivity index (χ1v) is 9.13. The Morgan fingerprint density at radius 1 is 1.25 bits per heavy atom. The molecule has 0 aliphatic heterocycles. The van der Waals surface area contributed by atoms with Gasteiger partial charge in [-0.25, -0.2) is 0 Å². The molecule has 1 aromatic rings. The van der Waals surface area contributed by atoms with Crippen LogP contribution in [0.5, 0.6) is 0 Å². The average Bonchev–Trinajstić information content (AvgIpc) is 2.32. The lowest BCUT2D eigenvalue weighted by Crippen LogP contribution is -2.40. The molecule has 1 amide bonds. The van der Waals surface area contributed by atoms with E-state index in [1.807, 2.05) is 26.0 Å². The topological polar surface area (TPSA) is 66.4 Å². The Kier molecular flexibility index (Phi) is 7.46. The number of amides is 1. The summed E-state index contributed by atoms with van der Waals surface area (Å²) < 4.78 is 2.88. The molecule has 110 valence electrons. The Bertz CT molecular complexity index is 532. The molecule has 2 N–H and O–H groups in total. The zero-order valence-electron chi connectivity index (χ0n) is 10.9. The molecule has 0 bridgehead atoms. The van der Waals surface area contributed by atoms with Gasteiger partial charge in [0.05, 0.1) is 12.0 Å². The minimum absolute atomic E-state index is 0.0644. The lowest BCUT2D eigenvalue weighted by atomic mass is 10.0. The van der Waals surface area contributed by atoms with Gasteiger partial charge in [0.15, 0.2) is 0 Å². The van der Waals surface area contributed by atoms with E-state index in [1.165, 1.54) is 0 Å². The normalized spacial score (nSPS) is 12.3. The molecule has 20 heavy (non-hydrogen) atoms. The standard InChI is InChI=1S/C13H14I3NO3/c1-6(2)10(5-11(18)19)17-13(20)8-3-7(14)4-9(15)12(8)16/h3-4,6,10H,5H2,1-2H3,(H,17,20)(H,18,19). The summed E-state index contributed by atoms with van der Waals surface area (Å²) in [7, 11) is 0. The summed E-state index contributed by atoms with van der Waals surface area (Å²) >= 11 is 6.49. The number of hydrogen-bond acceptors (Lipinski definition) is 2. The minimum Gasteiger partial charge on any atom is -0.481 e. The Morgan fingerprint density at radius 3 is 2.35 bits per heavy atom. The molecule has 0 aliphatic rings. The molecule has 0 fully saturated rings. The molecule has 0 saturated carbocycles. The van der Waals surface area contributed by atoms with Crippen molar-refractivity contribution in [1.29, 1.82) is 0 Å². The van der Waals surface area contributed by atoms with Gasteiger partial charge in [-0.2, -0.15) is 0 Å². The van der Waals surface area contributed by atoms with Crippen LogP contribution in [-0.2, 0) is 4.79 Å². The fraction of sp³-hybridized carbons (Fsp3) is 0.385. The van der Waals surface area contributed by atoms with Crippen molar-refractivity contribution in [2.45, 2.75) is 26.3 Å². The van der Waals surface area contributed by atoms with Gasteiger partial charge in [-0.1, -0.05) is 13.8 Å². The van der Waals surface area contributed by atoms with Gasteiger partial charge in [0.1, 0.15) is 0 Å². The van der Waals surface area contributed by atoms with Crippen molar-refractivity contribution < 1.29 is 14.7 Å². The molecule has 0 aromatic heterocycles. The third-order valence-corrected chi connectivity index (χ3v) is 6.42. The summed E-state index contributed by atoms with van der Waals surface area (Å²) in [6, 6.07) is 3.45. The van der Waals surface area contributed by atoms with E-state index < -0.39 is 5.97 Å². The van der Waals surface area contributed by atoms with Crippen LogP contribution in [0.1, 0.15) is 30.6 Å². The van der Waals surface area contributed by atoms with E-state index in [4.69, 9.17) is 5.11 Å². The molecule has 0 radical (unpaired) electrons. The molecule has 0 aliphatic carbocycles. The van der Waals surface area contributed by atoms with Crippen LogP contribution in [0.2, 0.25) is 0 Å². The number of aliphatic carboxylic acids is 1. The molecule has 0 saturated heterocycles. The van der Waals surface area contributed by atoms with Crippen LogP contribution in [0.15, 0.2) is 12.1 Å². The third kappa shape index (κ3) is 5.28. The van der Waals surface area contributed by atoms with Crippen LogP contribution < -0.4 is 5.32 Å². The van der Waals surface area contributed by atoms with E-state index in [0.717, 1.165) is 10.7 Å². The number of carboxylic acids is 1. The molecular weight excluding hydrogens is 599 g/mol. The van der Waals surface area contributed by atoms with Crippen molar-refractivity contribution in [2.75, 3.05) is 0 Å². The third-order valence-electron chi connectivity index (χ3n) is 2.75. The van der Waals surface area contributed by atoms with Crippen LogP contribution in [0.4, 0.5) is 0 Å². The quantitative estimate of drug-likeness (QED) is 0.394. The van der Waals surface area contributed by atoms with Gasteiger partial charge in [-0.05, 0) is 85.8 Å². The molecule has 0 heterocycles. The van der Waals surface area contributed by atoms with Gasteiger partial charge in [-0.3, -0.25) is 9.59 Å². The van der Waals surface area contributed by atoms with E-state index in [0.29, 0.717) is 5.56 Å². The van der Waals surface area contributed by atoms with Crippen molar-refractivity contribution in [1.82, 2.24) is 5.32 Å². The second-order valence-electron chi connectivity index (χ2n) is 4.67. The highest BCUT2D eigenvalue weighted by Crippen LogP contribution is 2.23. The van der Waals surface area contributed by atoms with Crippen LogP contribution >= 0.6 is 67.8 Å². The highest BCUT2D eigenvalue weighted by Gasteiger charge is 2.22. The van der Waals surface area contributed by atoms with Crippen LogP contribution in [0.3, 0.4) is 0 Å². The maximum absolute atomic E-state index is 12.4. The van der Waals surface area contributed by atoms with E-state index in [2.05, 4.69) is 73.1 Å². The van der Waals surface area contributed by atoms with Gasteiger partial charge in [0.2, 0.25) is 0 Å². The zero-order valence-corrected chi connectivity index (χ0v) is 17.4. The predicted molar refractivity (Wildman–Crippen MR) is 103 cm³/mol. The van der Waals surface area contributed by atoms with E-state index in [-0.39, 0.29) is 24.3 Å². The number of rotatable bonds is 5. The fourth-order valence-corrected chi connectivity index (χ4v) is 4.01. The second-order valence-corrected chi connectivity index (χ2v) is 8.16. The Hall–Kier alpha value is 0.350. The van der Waals surface area contributed by atoms with Gasteiger partial charge >= 0.3 is 5.97 Å². The van der Waals surface area contributed by atoms with Gasteiger partial charge in [0, 0.05) is 16.8 Å². The van der Waals surface area contributed by atoms with Gasteiger partial charge in [0.25, 0.3) is 5.91 Å². The number of carboxylic acid groups (broad SMARTS) is 1. The van der Waals surface area contributed by atoms with Crippen LogP contribution in [0.25, 0.3) is 0 Å². The summed E-state index contributed by atoms with van der Waals surface area (Å²) in [5.41, 5.74) is 0.595. The van der Waals surface area contributed by atoms with Crippen molar-refractivity contribution in [3.8, 4) is 0 Å². The number of carbonyl (C=O) groups is 2. The average molecular weight is 613 g/mol. The Morgan fingerprint density at radius 2 is 1.85 bits per heavy atom. The molecular formula is C13H14I3NO3. The largest absolute Gasteiger partial charge is 0.481 e. The minimum atomic E-state index is -0.907.